The lowest BCUT2D eigenvalue weighted by atomic mass is 10.2. The second kappa shape index (κ2) is 8.81. The lowest BCUT2D eigenvalue weighted by molar-refractivity contribution is -0.115. The van der Waals surface area contributed by atoms with Crippen LogP contribution in [0.4, 0.5) is 4.79 Å². The van der Waals surface area contributed by atoms with E-state index in [1.165, 1.54) is 18.2 Å². The fourth-order valence-electron chi connectivity index (χ4n) is 2.29. The van der Waals surface area contributed by atoms with Gasteiger partial charge in [-0.1, -0.05) is 23.7 Å². The molecule has 0 saturated carbocycles. The fraction of sp³-hybridized carbons (Fsp3) is 0.105. The number of hydrogen-bond acceptors (Lipinski definition) is 6. The number of carbonyl (C=O) groups excluding carboxylic acids is 2. The van der Waals surface area contributed by atoms with Gasteiger partial charge in [0.05, 0.1) is 15.5 Å². The third-order valence-corrected chi connectivity index (χ3v) is 4.71. The predicted molar refractivity (Wildman–Crippen MR) is 105 cm³/mol. The third-order valence-electron chi connectivity index (χ3n) is 3.61. The van der Waals surface area contributed by atoms with E-state index in [-0.39, 0.29) is 29.0 Å². The van der Waals surface area contributed by atoms with Crippen molar-refractivity contribution in [3.63, 3.8) is 0 Å². The molecule has 2 N–H and O–H groups in total. The van der Waals surface area contributed by atoms with Gasteiger partial charge in [-0.05, 0) is 53.7 Å². The minimum atomic E-state index is -1.06. The number of halogens is 1. The Morgan fingerprint density at radius 3 is 2.43 bits per heavy atom. The monoisotopic (exact) mass is 419 g/mol. The average molecular weight is 420 g/mol. The van der Waals surface area contributed by atoms with Crippen molar-refractivity contribution in [1.29, 1.82) is 0 Å². The molecule has 0 bridgehead atoms. The quantitative estimate of drug-likeness (QED) is 0.519. The number of hydrogen-bond donors (Lipinski definition) is 2. The van der Waals surface area contributed by atoms with E-state index in [4.69, 9.17) is 26.2 Å². The summed E-state index contributed by atoms with van der Waals surface area (Å²) in [5, 5.41) is 10.9. The minimum Gasteiger partial charge on any atom is -0.490 e. The standard InChI is InChI=1S/C19H14ClNO6S/c20-14-10-12(18(23)24)3-6-15(14)27-8-7-26-13-4-1-11(2-5-13)9-16-17(22)21-19(25)28-16/h1-6,9-10H,7-8H2,(H,23,24)(H,21,22,25). The number of thioether (sulfide) groups is 1. The molecule has 2 aromatic rings. The van der Waals surface area contributed by atoms with Gasteiger partial charge in [-0.25, -0.2) is 4.79 Å². The first-order chi connectivity index (χ1) is 13.4. The molecular formula is C19H14ClNO6S. The molecule has 1 fully saturated rings. The lowest BCUT2D eigenvalue weighted by Gasteiger charge is -2.10. The van der Waals surface area contributed by atoms with E-state index in [0.717, 1.165) is 17.3 Å². The fourth-order valence-corrected chi connectivity index (χ4v) is 3.21. The van der Waals surface area contributed by atoms with Crippen molar-refractivity contribution in [2.75, 3.05) is 13.2 Å². The molecule has 144 valence electrons. The first kappa shape index (κ1) is 19.8. The number of imide groups is 1. The van der Waals surface area contributed by atoms with Crippen molar-refractivity contribution >= 4 is 46.6 Å². The molecule has 0 unspecified atom stereocenters. The molecule has 2 amide bonds. The first-order valence-electron chi connectivity index (χ1n) is 8.06. The molecule has 1 saturated heterocycles. The van der Waals surface area contributed by atoms with Crippen molar-refractivity contribution in [2.45, 2.75) is 0 Å². The predicted octanol–water partition coefficient (Wildman–Crippen LogP) is 3.82. The number of ether oxygens (including phenoxy) is 2. The Morgan fingerprint density at radius 2 is 1.82 bits per heavy atom. The second-order valence-corrected chi connectivity index (χ2v) is 6.99. The van der Waals surface area contributed by atoms with E-state index < -0.39 is 11.9 Å². The molecule has 1 heterocycles. The van der Waals surface area contributed by atoms with E-state index in [2.05, 4.69) is 5.32 Å². The highest BCUT2D eigenvalue weighted by molar-refractivity contribution is 8.18. The van der Waals surface area contributed by atoms with Gasteiger partial charge in [0.1, 0.15) is 24.7 Å². The molecule has 0 spiro atoms. The highest BCUT2D eigenvalue weighted by Crippen LogP contribution is 2.27. The van der Waals surface area contributed by atoms with Crippen LogP contribution in [0.15, 0.2) is 47.4 Å². The number of nitrogens with one attached hydrogen (secondary N) is 1. The van der Waals surface area contributed by atoms with Gasteiger partial charge in [0.25, 0.3) is 11.1 Å². The smallest absolute Gasteiger partial charge is 0.335 e. The summed E-state index contributed by atoms with van der Waals surface area (Å²) in [5.41, 5.74) is 0.850. The molecule has 1 aliphatic rings. The van der Waals surface area contributed by atoms with Crippen LogP contribution in [0.1, 0.15) is 15.9 Å². The number of carboxylic acids is 1. The summed E-state index contributed by atoms with van der Waals surface area (Å²) < 4.78 is 11.1. The Balaban J connectivity index is 1.49. The average Bonchev–Trinajstić information content (AvgIpc) is 2.98. The molecule has 0 aromatic heterocycles. The van der Waals surface area contributed by atoms with Gasteiger partial charge in [-0.15, -0.1) is 0 Å². The molecule has 0 radical (unpaired) electrons. The number of carboxylic acid groups (broad SMARTS) is 1. The number of aromatic carboxylic acids is 1. The Hall–Kier alpha value is -2.97. The van der Waals surface area contributed by atoms with Gasteiger partial charge in [-0.2, -0.15) is 0 Å². The molecule has 2 aromatic carbocycles. The summed E-state index contributed by atoms with van der Waals surface area (Å²) in [6.07, 6.45) is 1.63. The van der Waals surface area contributed by atoms with E-state index in [9.17, 15) is 14.4 Å². The maximum Gasteiger partial charge on any atom is 0.335 e. The SMILES string of the molecule is O=C1NC(=O)C(=Cc2ccc(OCCOc3ccc(C(=O)O)cc3Cl)cc2)S1. The Kier molecular flexibility index (Phi) is 6.23. The van der Waals surface area contributed by atoms with Gasteiger partial charge < -0.3 is 14.6 Å². The number of benzene rings is 2. The second-order valence-electron chi connectivity index (χ2n) is 5.57. The summed E-state index contributed by atoms with van der Waals surface area (Å²) >= 11 is 6.85. The van der Waals surface area contributed by atoms with Crippen LogP contribution < -0.4 is 14.8 Å². The third kappa shape index (κ3) is 5.05. The molecular weight excluding hydrogens is 406 g/mol. The number of amides is 2. The molecule has 9 heteroatoms. The van der Waals surface area contributed by atoms with E-state index >= 15 is 0 Å². The summed E-state index contributed by atoms with van der Waals surface area (Å²) in [6, 6.07) is 11.2. The highest BCUT2D eigenvalue weighted by Gasteiger charge is 2.24. The molecule has 0 aliphatic carbocycles. The molecule has 7 nitrogen and oxygen atoms in total. The summed E-state index contributed by atoms with van der Waals surface area (Å²) in [5.74, 6) is -0.478. The zero-order valence-corrected chi connectivity index (χ0v) is 15.9. The summed E-state index contributed by atoms with van der Waals surface area (Å²) in [6.45, 7) is 0.473. The number of carbonyl (C=O) groups is 3. The maximum atomic E-state index is 11.5. The van der Waals surface area contributed by atoms with Crippen LogP contribution >= 0.6 is 23.4 Å². The normalized spacial score (nSPS) is 14.8. The van der Waals surface area contributed by atoms with Gasteiger partial charge in [0.15, 0.2) is 0 Å². The van der Waals surface area contributed by atoms with Crippen LogP contribution in [-0.2, 0) is 4.79 Å². The molecule has 1 aliphatic heterocycles. The van der Waals surface area contributed by atoms with E-state index in [0.29, 0.717) is 16.4 Å². The Bertz CT molecular complexity index is 957. The van der Waals surface area contributed by atoms with Crippen LogP contribution in [-0.4, -0.2) is 35.4 Å². The van der Waals surface area contributed by atoms with Crippen molar-refractivity contribution < 1.29 is 29.0 Å². The molecule has 28 heavy (non-hydrogen) atoms. The molecule has 3 rings (SSSR count). The minimum absolute atomic E-state index is 0.0847. The summed E-state index contributed by atoms with van der Waals surface area (Å²) in [4.78, 5) is 33.9. The van der Waals surface area contributed by atoms with Crippen LogP contribution in [0, 0.1) is 0 Å². The van der Waals surface area contributed by atoms with Crippen molar-refractivity contribution in [2.24, 2.45) is 0 Å². The topological polar surface area (TPSA) is 102 Å². The van der Waals surface area contributed by atoms with Crippen molar-refractivity contribution in [3.8, 4) is 11.5 Å². The van der Waals surface area contributed by atoms with E-state index in [1.54, 1.807) is 30.3 Å². The first-order valence-corrected chi connectivity index (χ1v) is 9.25. The zero-order valence-electron chi connectivity index (χ0n) is 14.3. The zero-order chi connectivity index (χ0) is 20.1. The number of rotatable bonds is 7. The Morgan fingerprint density at radius 1 is 1.11 bits per heavy atom. The van der Waals surface area contributed by atoms with Crippen LogP contribution in [0.3, 0.4) is 0 Å². The van der Waals surface area contributed by atoms with Crippen LogP contribution in [0.2, 0.25) is 5.02 Å². The largest absolute Gasteiger partial charge is 0.490 e. The van der Waals surface area contributed by atoms with Gasteiger partial charge in [0.2, 0.25) is 0 Å². The summed E-state index contributed by atoms with van der Waals surface area (Å²) in [7, 11) is 0. The lowest BCUT2D eigenvalue weighted by Crippen LogP contribution is -2.17. The van der Waals surface area contributed by atoms with Crippen molar-refractivity contribution in [1.82, 2.24) is 5.32 Å². The van der Waals surface area contributed by atoms with Gasteiger partial charge >= 0.3 is 5.97 Å². The van der Waals surface area contributed by atoms with Crippen LogP contribution in [0.5, 0.6) is 11.5 Å². The maximum absolute atomic E-state index is 11.5. The van der Waals surface area contributed by atoms with Crippen LogP contribution in [0.25, 0.3) is 6.08 Å². The van der Waals surface area contributed by atoms with Gasteiger partial charge in [-0.3, -0.25) is 14.9 Å². The Labute approximate surface area is 169 Å². The van der Waals surface area contributed by atoms with Gasteiger partial charge in [0, 0.05) is 0 Å². The molecule has 0 atom stereocenters. The highest BCUT2D eigenvalue weighted by atomic mass is 35.5. The van der Waals surface area contributed by atoms with Crippen molar-refractivity contribution in [3.05, 3.63) is 63.5 Å². The van der Waals surface area contributed by atoms with E-state index in [1.807, 2.05) is 0 Å².